The van der Waals surface area contributed by atoms with Gasteiger partial charge in [0.1, 0.15) is 11.9 Å². The van der Waals surface area contributed by atoms with Crippen molar-refractivity contribution in [2.45, 2.75) is 39.4 Å². The number of hydrogen-bond acceptors (Lipinski definition) is 2. The van der Waals surface area contributed by atoms with Crippen LogP contribution in [0.2, 0.25) is 0 Å². The van der Waals surface area contributed by atoms with Crippen LogP contribution >= 0.6 is 0 Å². The summed E-state index contributed by atoms with van der Waals surface area (Å²) >= 11 is 0. The average Bonchev–Trinajstić information content (AvgIpc) is 2.26. The standard InChI is InChI=1S/C13H20O2/c1-4-12(14)13(10(2)3)15-11-8-6-5-7-9-11/h5-10,12-14H,4H2,1-3H3/t12-,13+/m0/s1. The summed E-state index contributed by atoms with van der Waals surface area (Å²) < 4.78 is 5.78. The van der Waals surface area contributed by atoms with Crippen LogP contribution in [0.5, 0.6) is 5.75 Å². The maximum absolute atomic E-state index is 9.82. The molecule has 1 aromatic carbocycles. The summed E-state index contributed by atoms with van der Waals surface area (Å²) in [5.74, 6) is 1.13. The van der Waals surface area contributed by atoms with Crippen LogP contribution in [-0.2, 0) is 0 Å². The first-order chi connectivity index (χ1) is 7.15. The summed E-state index contributed by atoms with van der Waals surface area (Å²) in [6.45, 7) is 6.09. The molecule has 0 spiro atoms. The molecule has 84 valence electrons. The van der Waals surface area contributed by atoms with Crippen LogP contribution in [0.3, 0.4) is 0 Å². The number of benzene rings is 1. The maximum atomic E-state index is 9.82. The van der Waals surface area contributed by atoms with Crippen LogP contribution in [0.4, 0.5) is 0 Å². The molecule has 1 rings (SSSR count). The number of aliphatic hydroxyl groups excluding tert-OH is 1. The minimum atomic E-state index is -0.398. The van der Waals surface area contributed by atoms with Crippen LogP contribution in [0.25, 0.3) is 0 Å². The molecule has 0 heterocycles. The molecule has 0 aliphatic carbocycles. The first kappa shape index (κ1) is 12.1. The fourth-order valence-electron chi connectivity index (χ4n) is 1.55. The summed E-state index contributed by atoms with van der Waals surface area (Å²) in [4.78, 5) is 0. The summed E-state index contributed by atoms with van der Waals surface area (Å²) in [6.07, 6.45) is 0.193. The maximum Gasteiger partial charge on any atom is 0.127 e. The van der Waals surface area contributed by atoms with Crippen LogP contribution in [0, 0.1) is 5.92 Å². The van der Waals surface area contributed by atoms with E-state index in [0.717, 1.165) is 12.2 Å². The van der Waals surface area contributed by atoms with Crippen molar-refractivity contribution in [1.82, 2.24) is 0 Å². The fourth-order valence-corrected chi connectivity index (χ4v) is 1.55. The van der Waals surface area contributed by atoms with Gasteiger partial charge in [-0.25, -0.2) is 0 Å². The molecule has 15 heavy (non-hydrogen) atoms. The second kappa shape index (κ2) is 5.76. The van der Waals surface area contributed by atoms with Gasteiger partial charge in [-0.2, -0.15) is 0 Å². The molecule has 0 aromatic heterocycles. The molecule has 0 saturated carbocycles. The van der Waals surface area contributed by atoms with Crippen LogP contribution in [0.15, 0.2) is 30.3 Å². The van der Waals surface area contributed by atoms with Gasteiger partial charge >= 0.3 is 0 Å². The molecule has 0 unspecified atom stereocenters. The number of aliphatic hydroxyl groups is 1. The average molecular weight is 208 g/mol. The Kier molecular flexibility index (Phi) is 4.63. The van der Waals surface area contributed by atoms with Crippen LogP contribution in [0.1, 0.15) is 27.2 Å². The Morgan fingerprint density at radius 3 is 2.27 bits per heavy atom. The molecule has 2 heteroatoms. The predicted octanol–water partition coefficient (Wildman–Crippen LogP) is 2.86. The smallest absolute Gasteiger partial charge is 0.127 e. The Morgan fingerprint density at radius 1 is 1.20 bits per heavy atom. The molecule has 0 aliphatic heterocycles. The largest absolute Gasteiger partial charge is 0.487 e. The zero-order chi connectivity index (χ0) is 11.3. The van der Waals surface area contributed by atoms with Crippen molar-refractivity contribution in [2.24, 2.45) is 5.92 Å². The molecule has 2 atom stereocenters. The van der Waals surface area contributed by atoms with E-state index in [2.05, 4.69) is 13.8 Å². The monoisotopic (exact) mass is 208 g/mol. The highest BCUT2D eigenvalue weighted by Crippen LogP contribution is 2.18. The van der Waals surface area contributed by atoms with Gasteiger partial charge in [0.05, 0.1) is 6.10 Å². The van der Waals surface area contributed by atoms with E-state index in [4.69, 9.17) is 4.74 Å². The lowest BCUT2D eigenvalue weighted by atomic mass is 10.00. The normalized spacial score (nSPS) is 15.0. The topological polar surface area (TPSA) is 29.5 Å². The zero-order valence-corrected chi connectivity index (χ0v) is 9.68. The Bertz CT molecular complexity index is 269. The molecule has 0 radical (unpaired) electrons. The van der Waals surface area contributed by atoms with Crippen molar-refractivity contribution < 1.29 is 9.84 Å². The van der Waals surface area contributed by atoms with Crippen LogP contribution < -0.4 is 4.74 Å². The third-order valence-electron chi connectivity index (χ3n) is 2.47. The van der Waals surface area contributed by atoms with E-state index in [0.29, 0.717) is 5.92 Å². The molecule has 1 aromatic rings. The predicted molar refractivity (Wildman–Crippen MR) is 62.0 cm³/mol. The molecule has 0 aliphatic rings. The second-order valence-corrected chi connectivity index (χ2v) is 4.12. The molecule has 2 nitrogen and oxygen atoms in total. The van der Waals surface area contributed by atoms with E-state index in [-0.39, 0.29) is 6.10 Å². The lowest BCUT2D eigenvalue weighted by Crippen LogP contribution is -2.35. The minimum Gasteiger partial charge on any atom is -0.487 e. The fraction of sp³-hybridized carbons (Fsp3) is 0.538. The van der Waals surface area contributed by atoms with Crippen molar-refractivity contribution in [3.63, 3.8) is 0 Å². The van der Waals surface area contributed by atoms with Crippen molar-refractivity contribution in [2.75, 3.05) is 0 Å². The Labute approximate surface area is 91.9 Å². The SMILES string of the molecule is CC[C@H](O)[C@H](Oc1ccccc1)C(C)C. The number of para-hydroxylation sites is 1. The van der Waals surface area contributed by atoms with E-state index in [1.807, 2.05) is 37.3 Å². The molecular formula is C13H20O2. The Morgan fingerprint density at radius 2 is 1.80 bits per heavy atom. The summed E-state index contributed by atoms with van der Waals surface area (Å²) in [5.41, 5.74) is 0. The molecule has 0 amide bonds. The highest BCUT2D eigenvalue weighted by atomic mass is 16.5. The highest BCUT2D eigenvalue weighted by molar-refractivity contribution is 5.21. The number of rotatable bonds is 5. The summed E-state index contributed by atoms with van der Waals surface area (Å²) in [5, 5.41) is 9.82. The van der Waals surface area contributed by atoms with Gasteiger partial charge in [-0.15, -0.1) is 0 Å². The second-order valence-electron chi connectivity index (χ2n) is 4.12. The molecular weight excluding hydrogens is 188 g/mol. The van der Waals surface area contributed by atoms with Gasteiger partial charge in [-0.3, -0.25) is 0 Å². The third-order valence-corrected chi connectivity index (χ3v) is 2.47. The summed E-state index contributed by atoms with van der Waals surface area (Å²) in [6, 6.07) is 9.65. The van der Waals surface area contributed by atoms with Crippen molar-refractivity contribution >= 4 is 0 Å². The lowest BCUT2D eigenvalue weighted by Gasteiger charge is -2.26. The van der Waals surface area contributed by atoms with Crippen molar-refractivity contribution in [3.05, 3.63) is 30.3 Å². The zero-order valence-electron chi connectivity index (χ0n) is 9.68. The van der Waals surface area contributed by atoms with Crippen molar-refractivity contribution in [1.29, 1.82) is 0 Å². The Balaban J connectivity index is 2.67. The lowest BCUT2D eigenvalue weighted by molar-refractivity contribution is 0.00741. The van der Waals surface area contributed by atoms with Crippen molar-refractivity contribution in [3.8, 4) is 5.75 Å². The van der Waals surface area contributed by atoms with E-state index in [9.17, 15) is 5.11 Å². The van der Waals surface area contributed by atoms with E-state index in [1.54, 1.807) is 0 Å². The van der Waals surface area contributed by atoms with E-state index in [1.165, 1.54) is 0 Å². The first-order valence-corrected chi connectivity index (χ1v) is 5.55. The first-order valence-electron chi connectivity index (χ1n) is 5.55. The third kappa shape index (κ3) is 3.56. The highest BCUT2D eigenvalue weighted by Gasteiger charge is 2.22. The van der Waals surface area contributed by atoms with Gasteiger partial charge in [0.15, 0.2) is 0 Å². The van der Waals surface area contributed by atoms with Gasteiger partial charge in [0.25, 0.3) is 0 Å². The molecule has 0 bridgehead atoms. The molecule has 0 fully saturated rings. The van der Waals surface area contributed by atoms with Gasteiger partial charge in [-0.05, 0) is 24.5 Å². The molecule has 0 saturated heterocycles. The number of hydrogen-bond donors (Lipinski definition) is 1. The Hall–Kier alpha value is -1.02. The quantitative estimate of drug-likeness (QED) is 0.806. The van der Waals surface area contributed by atoms with Gasteiger partial charge in [0.2, 0.25) is 0 Å². The van der Waals surface area contributed by atoms with E-state index < -0.39 is 6.10 Å². The van der Waals surface area contributed by atoms with Gasteiger partial charge < -0.3 is 9.84 Å². The number of ether oxygens (including phenoxy) is 1. The minimum absolute atomic E-state index is 0.127. The summed E-state index contributed by atoms with van der Waals surface area (Å²) in [7, 11) is 0. The van der Waals surface area contributed by atoms with E-state index >= 15 is 0 Å². The molecule has 1 N–H and O–H groups in total. The van der Waals surface area contributed by atoms with Crippen LogP contribution in [-0.4, -0.2) is 17.3 Å². The van der Waals surface area contributed by atoms with Gasteiger partial charge in [-0.1, -0.05) is 39.0 Å². The van der Waals surface area contributed by atoms with Gasteiger partial charge in [0, 0.05) is 0 Å².